The van der Waals surface area contributed by atoms with Crippen molar-refractivity contribution in [1.29, 1.82) is 0 Å². The van der Waals surface area contributed by atoms with Crippen LogP contribution < -0.4 is 5.32 Å². The summed E-state index contributed by atoms with van der Waals surface area (Å²) in [6.45, 7) is 1.94. The van der Waals surface area contributed by atoms with E-state index in [4.69, 9.17) is 11.2 Å². The molecule has 0 aliphatic carbocycles. The highest BCUT2D eigenvalue weighted by molar-refractivity contribution is 7.99. The third-order valence-corrected chi connectivity index (χ3v) is 2.75. The van der Waals surface area contributed by atoms with Crippen molar-refractivity contribution in [2.75, 3.05) is 31.3 Å². The molecule has 0 amide bonds. The largest absolute Gasteiger partial charge is 0.389 e. The Kier molecular flexibility index (Phi) is 5.25. The molecule has 0 saturated carbocycles. The fourth-order valence-electron chi connectivity index (χ4n) is 1.19. The molecule has 0 aromatic carbocycles. The van der Waals surface area contributed by atoms with E-state index in [1.165, 1.54) is 0 Å². The zero-order valence-corrected chi connectivity index (χ0v) is 8.35. The summed E-state index contributed by atoms with van der Waals surface area (Å²) in [4.78, 5) is 0. The van der Waals surface area contributed by atoms with Crippen molar-refractivity contribution in [2.45, 2.75) is 12.1 Å². The Morgan fingerprint density at radius 2 is 2.46 bits per heavy atom. The van der Waals surface area contributed by atoms with Crippen LogP contribution in [-0.4, -0.2) is 48.5 Å². The van der Waals surface area contributed by atoms with Gasteiger partial charge in [0.15, 0.2) is 0 Å². The summed E-state index contributed by atoms with van der Waals surface area (Å²) in [6, 6.07) is 0.103. The van der Waals surface area contributed by atoms with Crippen LogP contribution in [0.2, 0.25) is 0 Å². The van der Waals surface area contributed by atoms with Crippen LogP contribution in [0, 0.1) is 12.3 Å². The molecule has 1 saturated heterocycles. The maximum absolute atomic E-state index is 9.36. The molecule has 4 heteroatoms. The molecule has 2 N–H and O–H groups in total. The Bertz CT molecular complexity index is 181. The second-order valence-electron chi connectivity index (χ2n) is 2.92. The van der Waals surface area contributed by atoms with E-state index in [9.17, 15) is 5.11 Å². The molecule has 2 atom stereocenters. The maximum atomic E-state index is 9.36. The first-order valence-corrected chi connectivity index (χ1v) is 5.50. The van der Waals surface area contributed by atoms with Crippen LogP contribution >= 0.6 is 11.8 Å². The molecule has 1 aliphatic rings. The van der Waals surface area contributed by atoms with Gasteiger partial charge in [-0.05, 0) is 0 Å². The third kappa shape index (κ3) is 4.01. The number of aliphatic hydroxyl groups is 1. The minimum Gasteiger partial charge on any atom is -0.389 e. The maximum Gasteiger partial charge on any atom is 0.0948 e. The van der Waals surface area contributed by atoms with Gasteiger partial charge in [0.1, 0.15) is 0 Å². The van der Waals surface area contributed by atoms with Crippen molar-refractivity contribution in [2.24, 2.45) is 0 Å². The van der Waals surface area contributed by atoms with Gasteiger partial charge >= 0.3 is 0 Å². The predicted molar refractivity (Wildman–Crippen MR) is 54.8 cm³/mol. The van der Waals surface area contributed by atoms with Crippen LogP contribution in [0.25, 0.3) is 0 Å². The Balaban J connectivity index is 1.96. The van der Waals surface area contributed by atoms with E-state index < -0.39 is 0 Å². The van der Waals surface area contributed by atoms with E-state index in [2.05, 4.69) is 11.2 Å². The number of ether oxygens (including phenoxy) is 1. The van der Waals surface area contributed by atoms with Crippen LogP contribution in [0.3, 0.4) is 0 Å². The Labute approximate surface area is 83.2 Å². The van der Waals surface area contributed by atoms with Gasteiger partial charge in [-0.15, -0.1) is 18.2 Å². The standard InChI is InChI=1S/C9H15NO2S/c1-2-4-13-5-3-10-8-6-12-7-9(8)11/h1,8-11H,3-7H2. The molecular weight excluding hydrogens is 186 g/mol. The van der Waals surface area contributed by atoms with E-state index in [-0.39, 0.29) is 12.1 Å². The van der Waals surface area contributed by atoms with Crippen LogP contribution in [0.4, 0.5) is 0 Å². The number of thioether (sulfide) groups is 1. The van der Waals surface area contributed by atoms with Crippen LogP contribution in [-0.2, 0) is 4.74 Å². The van der Waals surface area contributed by atoms with E-state index in [1.807, 2.05) is 0 Å². The number of nitrogens with one attached hydrogen (secondary N) is 1. The fraction of sp³-hybridized carbons (Fsp3) is 0.778. The topological polar surface area (TPSA) is 41.5 Å². The van der Waals surface area contributed by atoms with Crippen LogP contribution in [0.15, 0.2) is 0 Å². The van der Waals surface area contributed by atoms with Gasteiger partial charge in [0, 0.05) is 12.3 Å². The Morgan fingerprint density at radius 3 is 3.08 bits per heavy atom. The van der Waals surface area contributed by atoms with Crippen molar-refractivity contribution in [3.63, 3.8) is 0 Å². The van der Waals surface area contributed by atoms with Crippen LogP contribution in [0.5, 0.6) is 0 Å². The number of hydrogen-bond acceptors (Lipinski definition) is 4. The van der Waals surface area contributed by atoms with Gasteiger partial charge in [-0.2, -0.15) is 0 Å². The van der Waals surface area contributed by atoms with Gasteiger partial charge < -0.3 is 15.2 Å². The van der Waals surface area contributed by atoms with Gasteiger partial charge in [0.2, 0.25) is 0 Å². The minimum atomic E-state index is -0.349. The lowest BCUT2D eigenvalue weighted by molar-refractivity contribution is 0.122. The summed E-state index contributed by atoms with van der Waals surface area (Å²) in [7, 11) is 0. The summed E-state index contributed by atoms with van der Waals surface area (Å²) in [6.07, 6.45) is 4.75. The average Bonchev–Trinajstić information content (AvgIpc) is 2.52. The van der Waals surface area contributed by atoms with Crippen molar-refractivity contribution >= 4 is 11.8 Å². The molecule has 1 heterocycles. The lowest BCUT2D eigenvalue weighted by atomic mass is 10.2. The highest BCUT2D eigenvalue weighted by Crippen LogP contribution is 2.05. The van der Waals surface area contributed by atoms with Crippen molar-refractivity contribution in [3.05, 3.63) is 0 Å². The third-order valence-electron chi connectivity index (χ3n) is 1.89. The number of rotatable bonds is 5. The van der Waals surface area contributed by atoms with E-state index in [0.717, 1.165) is 18.1 Å². The quantitative estimate of drug-likeness (QED) is 0.473. The molecule has 3 nitrogen and oxygen atoms in total. The molecule has 0 bridgehead atoms. The monoisotopic (exact) mass is 201 g/mol. The number of terminal acetylenes is 1. The Morgan fingerprint density at radius 1 is 1.62 bits per heavy atom. The molecule has 1 aliphatic heterocycles. The molecule has 0 spiro atoms. The van der Waals surface area contributed by atoms with E-state index in [1.54, 1.807) is 11.8 Å². The minimum absolute atomic E-state index is 0.103. The Hall–Kier alpha value is -0.210. The molecule has 1 fully saturated rings. The fourth-order valence-corrected chi connectivity index (χ4v) is 1.71. The van der Waals surface area contributed by atoms with Crippen molar-refractivity contribution < 1.29 is 9.84 Å². The summed E-state index contributed by atoms with van der Waals surface area (Å²) >= 11 is 1.72. The zero-order chi connectivity index (χ0) is 9.52. The molecule has 1 rings (SSSR count). The van der Waals surface area contributed by atoms with Crippen molar-refractivity contribution in [3.8, 4) is 12.3 Å². The first kappa shape index (κ1) is 10.9. The van der Waals surface area contributed by atoms with Gasteiger partial charge in [-0.1, -0.05) is 5.92 Å². The van der Waals surface area contributed by atoms with E-state index >= 15 is 0 Å². The summed E-state index contributed by atoms with van der Waals surface area (Å²) in [5, 5.41) is 12.6. The predicted octanol–water partition coefficient (Wildman–Crippen LogP) is -0.298. The normalized spacial score (nSPS) is 27.4. The van der Waals surface area contributed by atoms with Crippen molar-refractivity contribution in [1.82, 2.24) is 5.32 Å². The molecule has 0 radical (unpaired) electrons. The average molecular weight is 201 g/mol. The summed E-state index contributed by atoms with van der Waals surface area (Å²) < 4.78 is 5.10. The lowest BCUT2D eigenvalue weighted by Gasteiger charge is -2.13. The molecule has 0 aromatic heterocycles. The highest BCUT2D eigenvalue weighted by Gasteiger charge is 2.24. The van der Waals surface area contributed by atoms with Gasteiger partial charge in [-0.3, -0.25) is 0 Å². The van der Waals surface area contributed by atoms with Gasteiger partial charge in [-0.25, -0.2) is 0 Å². The molecule has 13 heavy (non-hydrogen) atoms. The first-order chi connectivity index (χ1) is 6.34. The molecule has 2 unspecified atom stereocenters. The number of aliphatic hydroxyl groups excluding tert-OH is 1. The lowest BCUT2D eigenvalue weighted by Crippen LogP contribution is -2.39. The summed E-state index contributed by atoms with van der Waals surface area (Å²) in [5.74, 6) is 4.30. The summed E-state index contributed by atoms with van der Waals surface area (Å²) in [5.41, 5.74) is 0. The highest BCUT2D eigenvalue weighted by atomic mass is 32.2. The van der Waals surface area contributed by atoms with Gasteiger partial charge in [0.25, 0.3) is 0 Å². The second kappa shape index (κ2) is 6.28. The van der Waals surface area contributed by atoms with Crippen LogP contribution in [0.1, 0.15) is 0 Å². The van der Waals surface area contributed by atoms with Gasteiger partial charge in [0.05, 0.1) is 31.1 Å². The smallest absolute Gasteiger partial charge is 0.0948 e. The molecule has 0 aromatic rings. The first-order valence-electron chi connectivity index (χ1n) is 4.35. The molecule has 74 valence electrons. The zero-order valence-electron chi connectivity index (χ0n) is 7.53. The van der Waals surface area contributed by atoms with E-state index in [0.29, 0.717) is 13.2 Å². The SMILES string of the molecule is C#CCSCCNC1COCC1O. The number of hydrogen-bond donors (Lipinski definition) is 2. The molecular formula is C9H15NO2S. The second-order valence-corrected chi connectivity index (χ2v) is 4.03.